The number of amides is 1. The van der Waals surface area contributed by atoms with E-state index in [1.165, 1.54) is 19.6 Å². The van der Waals surface area contributed by atoms with Crippen molar-refractivity contribution in [2.45, 2.75) is 6.82 Å². The molecule has 0 aliphatic heterocycles. The van der Waals surface area contributed by atoms with Crippen molar-refractivity contribution in [2.24, 2.45) is 0 Å². The molecule has 0 aliphatic carbocycles. The number of rotatable bonds is 3. The molecule has 6 heteroatoms. The van der Waals surface area contributed by atoms with Crippen molar-refractivity contribution in [3.63, 3.8) is 0 Å². The molecule has 0 aliphatic rings. The van der Waals surface area contributed by atoms with Crippen LogP contribution in [-0.2, 0) is 0 Å². The van der Waals surface area contributed by atoms with Crippen molar-refractivity contribution in [1.29, 1.82) is 0 Å². The van der Waals surface area contributed by atoms with E-state index in [0.29, 0.717) is 0 Å². The number of carbonyl (C=O) groups excluding carboxylic acids is 1. The minimum absolute atomic E-state index is 0.0310. The maximum Gasteiger partial charge on any atom is 0.216 e. The van der Waals surface area contributed by atoms with E-state index in [2.05, 4.69) is 11.5 Å². The van der Waals surface area contributed by atoms with Crippen LogP contribution in [0.5, 0.6) is 0 Å². The summed E-state index contributed by atoms with van der Waals surface area (Å²) in [6.45, 7) is 2.08. The highest BCUT2D eigenvalue weighted by atomic mass is 32.2. The van der Waals surface area contributed by atoms with E-state index in [9.17, 15) is 4.79 Å². The van der Waals surface area contributed by atoms with Crippen LogP contribution in [-0.4, -0.2) is 27.3 Å². The summed E-state index contributed by atoms with van der Waals surface area (Å²) in [4.78, 5) is 10.2. The summed E-state index contributed by atoms with van der Waals surface area (Å²) < 4.78 is 2.62. The molecule has 0 spiro atoms. The summed E-state index contributed by atoms with van der Waals surface area (Å²) in [6, 6.07) is 0. The predicted molar refractivity (Wildman–Crippen MR) is 44.8 cm³/mol. The average Bonchev–Trinajstić information content (AvgIpc) is 1.66. The average molecular weight is 127 g/mol. The third kappa shape index (κ3) is 6.01. The molecule has 0 saturated heterocycles. The lowest BCUT2D eigenvalue weighted by atomic mass is 9.57. The maximum absolute atomic E-state index is 10.2. The Morgan fingerprint density at radius 1 is 1.88 bits per heavy atom. The molecule has 0 atom stereocenters. The Morgan fingerprint density at radius 2 is 2.50 bits per heavy atom. The van der Waals surface area contributed by atoms with Gasteiger partial charge in [-0.15, -0.1) is 11.8 Å². The van der Waals surface area contributed by atoms with Gasteiger partial charge in [0.25, 0.3) is 0 Å². The molecule has 8 heavy (non-hydrogen) atoms. The highest BCUT2D eigenvalue weighted by molar-refractivity contribution is 8.25. The standard InChI is InChI=1S/C2H8B3NOS/c1-4-5-8-6-2(3)7/h4-5H,3H2,1H3,(H,6,7). The zero-order chi connectivity index (χ0) is 6.41. The quantitative estimate of drug-likeness (QED) is 0.290. The minimum atomic E-state index is 0.0310. The monoisotopic (exact) mass is 127 g/mol. The summed E-state index contributed by atoms with van der Waals surface area (Å²) in [6.07, 6.45) is 1.000. The molecule has 1 N–H and O–H groups in total. The summed E-state index contributed by atoms with van der Waals surface area (Å²) in [5, 5.41) is 0. The van der Waals surface area contributed by atoms with E-state index in [0.717, 1.165) is 13.6 Å². The molecule has 0 rings (SSSR count). The van der Waals surface area contributed by atoms with Gasteiger partial charge in [0.1, 0.15) is 0 Å². The molecule has 0 unspecified atom stereocenters. The van der Waals surface area contributed by atoms with E-state index in [4.69, 9.17) is 0 Å². The Morgan fingerprint density at radius 3 is 2.88 bits per heavy atom. The lowest BCUT2D eigenvalue weighted by Crippen LogP contribution is -2.15. The summed E-state index contributed by atoms with van der Waals surface area (Å²) in [5.74, 6) is 0.0310. The van der Waals surface area contributed by atoms with Crippen molar-refractivity contribution in [3.05, 3.63) is 0 Å². The molecular weight excluding hydrogens is 119 g/mol. The molecule has 42 valence electrons. The SMILES string of the molecule is BC(=O)NSBBC. The first-order valence-corrected chi connectivity index (χ1v) is 3.64. The summed E-state index contributed by atoms with van der Waals surface area (Å²) >= 11 is 1.46. The summed E-state index contributed by atoms with van der Waals surface area (Å²) in [5.41, 5.74) is 0. The fourth-order valence-corrected chi connectivity index (χ4v) is 0.764. The first kappa shape index (κ1) is 8.01. The van der Waals surface area contributed by atoms with Gasteiger partial charge < -0.3 is 4.72 Å². The van der Waals surface area contributed by atoms with E-state index < -0.39 is 0 Å². The largest absolute Gasteiger partial charge is 0.320 e. The van der Waals surface area contributed by atoms with Gasteiger partial charge in [-0.2, -0.15) is 0 Å². The molecule has 1 amide bonds. The molecule has 0 aromatic rings. The molecule has 0 saturated carbocycles. The molecule has 0 fully saturated rings. The van der Waals surface area contributed by atoms with Gasteiger partial charge in [-0.05, 0) is 0 Å². The molecule has 0 radical (unpaired) electrons. The molecule has 0 aromatic heterocycles. The van der Waals surface area contributed by atoms with Crippen LogP contribution in [0.2, 0.25) is 6.82 Å². The zero-order valence-corrected chi connectivity index (χ0v) is 6.05. The minimum Gasteiger partial charge on any atom is -0.320 e. The van der Waals surface area contributed by atoms with Crippen LogP contribution < -0.4 is 4.72 Å². The normalized spacial score (nSPS) is 7.62. The molecule has 0 aromatic carbocycles. The Hall–Kier alpha value is 0.0148. The van der Waals surface area contributed by atoms with Crippen LogP contribution in [0.1, 0.15) is 0 Å². The Kier molecular flexibility index (Phi) is 5.17. The third-order valence-electron chi connectivity index (χ3n) is 0.522. The second-order valence-corrected chi connectivity index (χ2v) is 2.41. The second kappa shape index (κ2) is 5.16. The van der Waals surface area contributed by atoms with Crippen LogP contribution in [0.4, 0.5) is 4.79 Å². The van der Waals surface area contributed by atoms with E-state index in [1.807, 2.05) is 0 Å². The zero-order valence-electron chi connectivity index (χ0n) is 5.23. The number of nitrogens with one attached hydrogen (secondary N) is 1. The molecule has 2 nitrogen and oxygen atoms in total. The van der Waals surface area contributed by atoms with Crippen molar-refractivity contribution in [2.75, 3.05) is 0 Å². The van der Waals surface area contributed by atoms with Gasteiger partial charge in [-0.25, -0.2) is 0 Å². The van der Waals surface area contributed by atoms with Crippen LogP contribution in [0.25, 0.3) is 0 Å². The van der Waals surface area contributed by atoms with Crippen LogP contribution in [0.3, 0.4) is 0 Å². The first-order valence-electron chi connectivity index (χ1n) is 2.65. The van der Waals surface area contributed by atoms with E-state index in [-0.39, 0.29) is 5.81 Å². The topological polar surface area (TPSA) is 29.1 Å². The van der Waals surface area contributed by atoms with Gasteiger partial charge in [0.15, 0.2) is 12.3 Å². The van der Waals surface area contributed by atoms with E-state index in [1.54, 1.807) is 0 Å². The maximum atomic E-state index is 10.2. The van der Waals surface area contributed by atoms with Crippen molar-refractivity contribution in [3.8, 4) is 0 Å². The number of hydrogen-bond acceptors (Lipinski definition) is 2. The summed E-state index contributed by atoms with van der Waals surface area (Å²) in [7, 11) is 2.62. The molecular formula is C2H8B3NOS. The molecule has 0 bridgehead atoms. The number of hydrogen-bond donors (Lipinski definition) is 1. The Labute approximate surface area is 56.1 Å². The first-order chi connectivity index (χ1) is 3.77. The lowest BCUT2D eigenvalue weighted by molar-refractivity contribution is 0.264. The van der Waals surface area contributed by atoms with Gasteiger partial charge in [0.05, 0.1) is 7.17 Å². The fraction of sp³-hybridized carbons (Fsp3) is 0.500. The fourth-order valence-electron chi connectivity index (χ4n) is 0.255. The van der Waals surface area contributed by atoms with Crippen molar-refractivity contribution < 1.29 is 4.79 Å². The van der Waals surface area contributed by atoms with Gasteiger partial charge in [-0.3, -0.25) is 4.79 Å². The Balaban J connectivity index is 2.82. The van der Waals surface area contributed by atoms with Gasteiger partial charge in [-0.1, -0.05) is 6.82 Å². The predicted octanol–water partition coefficient (Wildman–Crippen LogP) is -1.27. The van der Waals surface area contributed by atoms with Crippen LogP contribution in [0.15, 0.2) is 0 Å². The van der Waals surface area contributed by atoms with Gasteiger partial charge in [0.2, 0.25) is 7.85 Å². The highest BCUT2D eigenvalue weighted by Gasteiger charge is 1.89. The van der Waals surface area contributed by atoms with Gasteiger partial charge in [0, 0.05) is 0 Å². The van der Waals surface area contributed by atoms with E-state index >= 15 is 0 Å². The van der Waals surface area contributed by atoms with Crippen LogP contribution in [0, 0.1) is 0 Å². The van der Waals surface area contributed by atoms with Crippen molar-refractivity contribution >= 4 is 39.1 Å². The lowest BCUT2D eigenvalue weighted by Gasteiger charge is -1.94. The smallest absolute Gasteiger partial charge is 0.216 e. The van der Waals surface area contributed by atoms with Crippen LogP contribution >= 0.6 is 11.8 Å². The Bertz CT molecular complexity index is 79.7. The number of carbonyl (C=O) groups is 1. The highest BCUT2D eigenvalue weighted by Crippen LogP contribution is 1.84. The van der Waals surface area contributed by atoms with Gasteiger partial charge >= 0.3 is 0 Å². The third-order valence-corrected chi connectivity index (χ3v) is 1.57. The molecule has 0 heterocycles. The second-order valence-electron chi connectivity index (χ2n) is 1.51. The van der Waals surface area contributed by atoms with Crippen molar-refractivity contribution in [1.82, 2.24) is 4.72 Å².